The molecule has 0 spiro atoms. The topological polar surface area (TPSA) is 81.0 Å². The van der Waals surface area contributed by atoms with E-state index in [2.05, 4.69) is 9.97 Å². The highest BCUT2D eigenvalue weighted by atomic mass is 16.6. The first kappa shape index (κ1) is 13.8. The Bertz CT molecular complexity index is 825. The van der Waals surface area contributed by atoms with Crippen molar-refractivity contribution in [3.8, 4) is 5.75 Å². The molecule has 2 heterocycles. The van der Waals surface area contributed by atoms with Gasteiger partial charge in [0.15, 0.2) is 0 Å². The maximum atomic E-state index is 10.5. The summed E-state index contributed by atoms with van der Waals surface area (Å²) in [6.07, 6.45) is 5.64. The number of fused-ring (bicyclic) bond motifs is 1. The highest BCUT2D eigenvalue weighted by Crippen LogP contribution is 2.28. The lowest BCUT2D eigenvalue weighted by Crippen LogP contribution is -1.96. The number of aromatic nitrogens is 2. The third-order valence-corrected chi connectivity index (χ3v) is 3.18. The van der Waals surface area contributed by atoms with Crippen molar-refractivity contribution in [3.63, 3.8) is 0 Å². The van der Waals surface area contributed by atoms with Crippen LogP contribution in [0.15, 0.2) is 55.0 Å². The fourth-order valence-electron chi connectivity index (χ4n) is 2.18. The summed E-state index contributed by atoms with van der Waals surface area (Å²) in [7, 11) is 0. The molecule has 1 N–H and O–H groups in total. The van der Waals surface area contributed by atoms with Crippen LogP contribution in [0.2, 0.25) is 0 Å². The predicted octanol–water partition coefficient (Wildman–Crippen LogP) is 3.39. The molecular weight excluding hydrogens is 282 g/mol. The standard InChI is InChI=1S/C16H13N3O3/c20-19(21)9-7-13-10-18-16-15(13)14(6-8-17-16)22-11-12-4-2-1-3-5-12/h1-10H,11H2,(H,17,18)/b9-7+. The second-order valence-electron chi connectivity index (χ2n) is 4.65. The highest BCUT2D eigenvalue weighted by molar-refractivity contribution is 5.91. The number of hydrogen-bond donors (Lipinski definition) is 1. The SMILES string of the molecule is O=[N+]([O-])/C=C/c1c[nH]c2nccc(OCc3ccccc3)c12. The molecule has 0 saturated carbocycles. The quantitative estimate of drug-likeness (QED) is 0.578. The van der Waals surface area contributed by atoms with Gasteiger partial charge in [-0.3, -0.25) is 10.1 Å². The van der Waals surface area contributed by atoms with E-state index in [-0.39, 0.29) is 0 Å². The zero-order chi connectivity index (χ0) is 15.4. The van der Waals surface area contributed by atoms with E-state index >= 15 is 0 Å². The molecular formula is C16H13N3O3. The highest BCUT2D eigenvalue weighted by Gasteiger charge is 2.10. The number of H-pyrrole nitrogens is 1. The van der Waals surface area contributed by atoms with E-state index in [0.717, 1.165) is 17.1 Å². The van der Waals surface area contributed by atoms with Gasteiger partial charge in [-0.25, -0.2) is 4.98 Å². The number of benzene rings is 1. The van der Waals surface area contributed by atoms with Crippen LogP contribution in [0.5, 0.6) is 5.75 Å². The maximum absolute atomic E-state index is 10.5. The Labute approximate surface area is 126 Å². The number of pyridine rings is 1. The molecule has 0 unspecified atom stereocenters. The fraction of sp³-hybridized carbons (Fsp3) is 0.0625. The molecule has 0 atom stereocenters. The summed E-state index contributed by atoms with van der Waals surface area (Å²) in [5.41, 5.74) is 2.35. The van der Waals surface area contributed by atoms with E-state index in [1.54, 1.807) is 18.5 Å². The summed E-state index contributed by atoms with van der Waals surface area (Å²) in [5, 5.41) is 11.2. The number of aromatic amines is 1. The van der Waals surface area contributed by atoms with Crippen molar-refractivity contribution in [2.45, 2.75) is 6.61 Å². The van der Waals surface area contributed by atoms with Crippen LogP contribution in [0, 0.1) is 10.1 Å². The molecule has 0 bridgehead atoms. The summed E-state index contributed by atoms with van der Waals surface area (Å²) < 4.78 is 5.85. The first-order valence-corrected chi connectivity index (χ1v) is 6.68. The van der Waals surface area contributed by atoms with Crippen LogP contribution in [-0.4, -0.2) is 14.9 Å². The van der Waals surface area contributed by atoms with Crippen LogP contribution in [0.3, 0.4) is 0 Å². The Kier molecular flexibility index (Phi) is 3.82. The van der Waals surface area contributed by atoms with E-state index in [1.165, 1.54) is 6.08 Å². The molecule has 6 heteroatoms. The van der Waals surface area contributed by atoms with E-state index in [9.17, 15) is 10.1 Å². The second kappa shape index (κ2) is 6.09. The Morgan fingerprint density at radius 3 is 2.86 bits per heavy atom. The summed E-state index contributed by atoms with van der Waals surface area (Å²) in [5.74, 6) is 0.637. The molecule has 0 aliphatic carbocycles. The summed E-state index contributed by atoms with van der Waals surface area (Å²) >= 11 is 0. The zero-order valence-corrected chi connectivity index (χ0v) is 11.6. The molecule has 0 fully saturated rings. The monoisotopic (exact) mass is 295 g/mol. The van der Waals surface area contributed by atoms with Gasteiger partial charge in [-0.15, -0.1) is 0 Å². The molecule has 110 valence electrons. The molecule has 3 aromatic rings. The van der Waals surface area contributed by atoms with Crippen molar-refractivity contribution >= 4 is 17.1 Å². The normalized spacial score (nSPS) is 11.1. The number of hydrogen-bond acceptors (Lipinski definition) is 4. The Hall–Kier alpha value is -3.15. The minimum absolute atomic E-state index is 0.420. The summed E-state index contributed by atoms with van der Waals surface area (Å²) in [6, 6.07) is 11.5. The first-order chi connectivity index (χ1) is 10.7. The number of nitrogens with zero attached hydrogens (tertiary/aromatic N) is 2. The van der Waals surface area contributed by atoms with Crippen LogP contribution >= 0.6 is 0 Å². The van der Waals surface area contributed by atoms with Gasteiger partial charge in [0, 0.05) is 24.0 Å². The van der Waals surface area contributed by atoms with Crippen molar-refractivity contribution < 1.29 is 9.66 Å². The molecule has 6 nitrogen and oxygen atoms in total. The third-order valence-electron chi connectivity index (χ3n) is 3.18. The van der Waals surface area contributed by atoms with Crippen molar-refractivity contribution in [2.75, 3.05) is 0 Å². The lowest BCUT2D eigenvalue weighted by molar-refractivity contribution is -0.400. The molecule has 22 heavy (non-hydrogen) atoms. The summed E-state index contributed by atoms with van der Waals surface area (Å²) in [6.45, 7) is 0.420. The molecule has 0 amide bonds. The Morgan fingerprint density at radius 2 is 2.09 bits per heavy atom. The van der Waals surface area contributed by atoms with Gasteiger partial charge in [-0.2, -0.15) is 0 Å². The average molecular weight is 295 g/mol. The van der Waals surface area contributed by atoms with Gasteiger partial charge >= 0.3 is 0 Å². The Balaban J connectivity index is 1.91. The van der Waals surface area contributed by atoms with Gasteiger partial charge in [0.25, 0.3) is 0 Å². The van der Waals surface area contributed by atoms with Gasteiger partial charge in [-0.05, 0) is 11.6 Å². The Morgan fingerprint density at radius 1 is 1.27 bits per heavy atom. The van der Waals surface area contributed by atoms with Crippen molar-refractivity contribution in [1.29, 1.82) is 0 Å². The first-order valence-electron chi connectivity index (χ1n) is 6.68. The second-order valence-corrected chi connectivity index (χ2v) is 4.65. The summed E-state index contributed by atoms with van der Waals surface area (Å²) in [4.78, 5) is 17.2. The largest absolute Gasteiger partial charge is 0.488 e. The predicted molar refractivity (Wildman–Crippen MR) is 82.9 cm³/mol. The van der Waals surface area contributed by atoms with E-state index < -0.39 is 4.92 Å². The average Bonchev–Trinajstić information content (AvgIpc) is 2.96. The number of nitro groups is 1. The smallest absolute Gasteiger partial charge is 0.235 e. The van der Waals surface area contributed by atoms with Gasteiger partial charge in [-0.1, -0.05) is 30.3 Å². The van der Waals surface area contributed by atoms with Crippen LogP contribution in [0.4, 0.5) is 0 Å². The van der Waals surface area contributed by atoms with E-state index in [1.807, 2.05) is 30.3 Å². The van der Waals surface area contributed by atoms with Crippen LogP contribution in [0.25, 0.3) is 17.1 Å². The van der Waals surface area contributed by atoms with E-state index in [0.29, 0.717) is 23.6 Å². The lowest BCUT2D eigenvalue weighted by Gasteiger charge is -2.07. The molecule has 0 radical (unpaired) electrons. The molecule has 0 saturated heterocycles. The van der Waals surface area contributed by atoms with Crippen LogP contribution < -0.4 is 4.74 Å². The third kappa shape index (κ3) is 2.95. The van der Waals surface area contributed by atoms with Gasteiger partial charge < -0.3 is 9.72 Å². The van der Waals surface area contributed by atoms with Gasteiger partial charge in [0.1, 0.15) is 18.0 Å². The fourth-order valence-corrected chi connectivity index (χ4v) is 2.18. The molecule has 0 aliphatic heterocycles. The van der Waals surface area contributed by atoms with Crippen molar-refractivity contribution in [1.82, 2.24) is 9.97 Å². The maximum Gasteiger partial charge on any atom is 0.235 e. The molecule has 1 aromatic carbocycles. The molecule has 3 rings (SSSR count). The van der Waals surface area contributed by atoms with E-state index in [4.69, 9.17) is 4.74 Å². The van der Waals surface area contributed by atoms with Gasteiger partial charge in [0.2, 0.25) is 6.20 Å². The van der Waals surface area contributed by atoms with Crippen molar-refractivity contribution in [2.24, 2.45) is 0 Å². The number of rotatable bonds is 5. The molecule has 0 aliphatic rings. The van der Waals surface area contributed by atoms with Crippen LogP contribution in [-0.2, 0) is 6.61 Å². The van der Waals surface area contributed by atoms with Crippen molar-refractivity contribution in [3.05, 3.63) is 76.2 Å². The zero-order valence-electron chi connectivity index (χ0n) is 11.6. The minimum atomic E-state index is -0.500. The number of ether oxygens (including phenoxy) is 1. The minimum Gasteiger partial charge on any atom is -0.488 e. The van der Waals surface area contributed by atoms with Crippen LogP contribution in [0.1, 0.15) is 11.1 Å². The lowest BCUT2D eigenvalue weighted by atomic mass is 10.2. The molecule has 2 aromatic heterocycles. The van der Waals surface area contributed by atoms with Gasteiger partial charge in [0.05, 0.1) is 10.3 Å². The number of nitrogens with one attached hydrogen (secondary N) is 1.